The molecule has 1 aromatic carbocycles. The van der Waals surface area contributed by atoms with Gasteiger partial charge in [0.1, 0.15) is 5.76 Å². The summed E-state index contributed by atoms with van der Waals surface area (Å²) in [7, 11) is 0. The number of furan rings is 1. The summed E-state index contributed by atoms with van der Waals surface area (Å²) in [4.78, 5) is 0.198. The lowest BCUT2D eigenvalue weighted by Crippen LogP contribution is -2.05. The summed E-state index contributed by atoms with van der Waals surface area (Å²) in [6.45, 7) is 13.1. The minimum Gasteiger partial charge on any atom is -0.469 e. The van der Waals surface area contributed by atoms with Gasteiger partial charge in [-0.1, -0.05) is 15.9 Å². The highest BCUT2D eigenvalue weighted by atomic mass is 79.9. The number of rotatable bonds is 2. The third-order valence-corrected chi connectivity index (χ3v) is 5.43. The molecule has 0 fully saturated rings. The average Bonchev–Trinajstić information content (AvgIpc) is 2.80. The van der Waals surface area contributed by atoms with Crippen LogP contribution in [-0.2, 0) is 0 Å². The van der Waals surface area contributed by atoms with E-state index in [0.29, 0.717) is 0 Å². The first-order chi connectivity index (χ1) is 8.86. The summed E-state index contributed by atoms with van der Waals surface area (Å²) < 4.78 is 5.44. The van der Waals surface area contributed by atoms with Crippen molar-refractivity contribution in [2.75, 3.05) is 0 Å². The van der Waals surface area contributed by atoms with Crippen LogP contribution in [0.15, 0.2) is 16.7 Å². The molecule has 0 saturated heterocycles. The number of hydrogen-bond acceptors (Lipinski definition) is 1. The topological polar surface area (TPSA) is 13.1 Å². The fourth-order valence-electron chi connectivity index (χ4n) is 2.72. The molecule has 0 aliphatic heterocycles. The van der Waals surface area contributed by atoms with Crippen molar-refractivity contribution in [3.63, 3.8) is 0 Å². The third kappa shape index (κ3) is 2.27. The van der Waals surface area contributed by atoms with Crippen LogP contribution in [0.5, 0.6) is 0 Å². The Bertz CT molecular complexity index is 593. The van der Waals surface area contributed by atoms with Gasteiger partial charge in [0.25, 0.3) is 0 Å². The van der Waals surface area contributed by atoms with Gasteiger partial charge in [0.15, 0.2) is 0 Å². The molecule has 2 heteroatoms. The molecule has 0 radical (unpaired) electrons. The van der Waals surface area contributed by atoms with Crippen LogP contribution >= 0.6 is 15.9 Å². The van der Waals surface area contributed by atoms with Gasteiger partial charge >= 0.3 is 0 Å². The van der Waals surface area contributed by atoms with Crippen LogP contribution in [0, 0.1) is 41.5 Å². The van der Waals surface area contributed by atoms with Crippen LogP contribution in [0.4, 0.5) is 0 Å². The summed E-state index contributed by atoms with van der Waals surface area (Å²) in [5.41, 5.74) is 9.54. The van der Waals surface area contributed by atoms with E-state index in [4.69, 9.17) is 4.42 Å². The van der Waals surface area contributed by atoms with Gasteiger partial charge in [0.05, 0.1) is 11.1 Å². The Labute approximate surface area is 124 Å². The zero-order chi connectivity index (χ0) is 14.3. The van der Waals surface area contributed by atoms with E-state index in [2.05, 4.69) is 56.6 Å². The summed E-state index contributed by atoms with van der Waals surface area (Å²) in [5, 5.41) is 0. The van der Waals surface area contributed by atoms with Gasteiger partial charge in [-0.2, -0.15) is 0 Å². The lowest BCUT2D eigenvalue weighted by Gasteiger charge is -2.22. The molecule has 1 nitrogen and oxygen atoms in total. The van der Waals surface area contributed by atoms with Crippen molar-refractivity contribution in [2.45, 2.75) is 46.4 Å². The lowest BCUT2D eigenvalue weighted by atomic mass is 9.87. The van der Waals surface area contributed by atoms with Crippen molar-refractivity contribution >= 4 is 15.9 Å². The van der Waals surface area contributed by atoms with Crippen molar-refractivity contribution in [3.8, 4) is 0 Å². The maximum atomic E-state index is 5.44. The zero-order valence-corrected chi connectivity index (χ0v) is 14.1. The quantitative estimate of drug-likeness (QED) is 0.655. The minimum absolute atomic E-state index is 0.198. The van der Waals surface area contributed by atoms with E-state index in [0.717, 1.165) is 5.76 Å². The molecule has 0 N–H and O–H groups in total. The highest BCUT2D eigenvalue weighted by Crippen LogP contribution is 2.39. The van der Waals surface area contributed by atoms with Gasteiger partial charge in [-0.3, -0.25) is 0 Å². The van der Waals surface area contributed by atoms with Crippen molar-refractivity contribution < 1.29 is 4.42 Å². The fraction of sp³-hybridized carbons (Fsp3) is 0.412. The second-order valence-electron chi connectivity index (χ2n) is 5.33. The fourth-order valence-corrected chi connectivity index (χ4v) is 3.88. The summed E-state index contributed by atoms with van der Waals surface area (Å²) in [5.74, 6) is 0.983. The molecule has 19 heavy (non-hydrogen) atoms. The third-order valence-electron chi connectivity index (χ3n) is 4.48. The molecule has 2 rings (SSSR count). The van der Waals surface area contributed by atoms with E-state index in [9.17, 15) is 0 Å². The molecule has 1 heterocycles. The molecule has 2 aromatic rings. The largest absolute Gasteiger partial charge is 0.469 e. The van der Waals surface area contributed by atoms with Crippen LogP contribution in [-0.4, -0.2) is 0 Å². The standard InChI is InChI=1S/C17H21BrO/c1-9-10(2)12(4)16(13(5)11(9)3)17(18)15-7-8-19-14(15)6/h7-8,17H,1-6H3. The SMILES string of the molecule is Cc1occc1C(Br)c1c(C)c(C)c(C)c(C)c1C. The molecule has 1 atom stereocenters. The molecule has 0 aliphatic carbocycles. The van der Waals surface area contributed by atoms with Crippen molar-refractivity contribution in [1.29, 1.82) is 0 Å². The van der Waals surface area contributed by atoms with Gasteiger partial charge in [-0.05, 0) is 81.0 Å². The van der Waals surface area contributed by atoms with Gasteiger partial charge in [0, 0.05) is 5.56 Å². The Kier molecular flexibility index (Phi) is 3.91. The van der Waals surface area contributed by atoms with Gasteiger partial charge < -0.3 is 4.42 Å². The lowest BCUT2D eigenvalue weighted by molar-refractivity contribution is 0.530. The second-order valence-corrected chi connectivity index (χ2v) is 6.25. The molecule has 0 bridgehead atoms. The van der Waals surface area contributed by atoms with E-state index in [1.807, 2.05) is 6.92 Å². The molecule has 0 saturated carbocycles. The van der Waals surface area contributed by atoms with Crippen LogP contribution in [0.3, 0.4) is 0 Å². The second kappa shape index (κ2) is 5.16. The molecule has 102 valence electrons. The van der Waals surface area contributed by atoms with E-state index < -0.39 is 0 Å². The summed E-state index contributed by atoms with van der Waals surface area (Å²) >= 11 is 3.86. The van der Waals surface area contributed by atoms with Crippen molar-refractivity contribution in [1.82, 2.24) is 0 Å². The van der Waals surface area contributed by atoms with Crippen molar-refractivity contribution in [2.24, 2.45) is 0 Å². The van der Waals surface area contributed by atoms with Gasteiger partial charge in [-0.25, -0.2) is 0 Å². The Morgan fingerprint density at radius 2 is 1.32 bits per heavy atom. The number of hydrogen-bond donors (Lipinski definition) is 0. The number of aryl methyl sites for hydroxylation is 1. The van der Waals surface area contributed by atoms with Gasteiger partial charge in [0.2, 0.25) is 0 Å². The maximum Gasteiger partial charge on any atom is 0.105 e. The molecular weight excluding hydrogens is 300 g/mol. The highest BCUT2D eigenvalue weighted by Gasteiger charge is 2.21. The average molecular weight is 321 g/mol. The summed E-state index contributed by atoms with van der Waals surface area (Å²) in [6, 6.07) is 2.05. The van der Waals surface area contributed by atoms with E-state index in [1.54, 1.807) is 6.26 Å². The van der Waals surface area contributed by atoms with E-state index in [-0.39, 0.29) is 4.83 Å². The van der Waals surface area contributed by atoms with Crippen LogP contribution in [0.2, 0.25) is 0 Å². The van der Waals surface area contributed by atoms with Crippen LogP contribution in [0.25, 0.3) is 0 Å². The first-order valence-corrected chi connectivity index (χ1v) is 7.52. The zero-order valence-electron chi connectivity index (χ0n) is 12.5. The molecule has 1 aromatic heterocycles. The maximum absolute atomic E-state index is 5.44. The monoisotopic (exact) mass is 320 g/mol. The predicted molar refractivity (Wildman–Crippen MR) is 84.3 cm³/mol. The van der Waals surface area contributed by atoms with Crippen molar-refractivity contribution in [3.05, 3.63) is 57.0 Å². The smallest absolute Gasteiger partial charge is 0.105 e. The van der Waals surface area contributed by atoms with Gasteiger partial charge in [-0.15, -0.1) is 0 Å². The molecular formula is C17H21BrO. The van der Waals surface area contributed by atoms with E-state index >= 15 is 0 Å². The Hall–Kier alpha value is -1.02. The van der Waals surface area contributed by atoms with Crippen LogP contribution in [0.1, 0.15) is 49.5 Å². The molecule has 0 aliphatic rings. The number of alkyl halides is 1. The Morgan fingerprint density at radius 1 is 0.842 bits per heavy atom. The molecule has 0 amide bonds. The molecule has 0 spiro atoms. The number of benzene rings is 1. The van der Waals surface area contributed by atoms with E-state index in [1.165, 1.54) is 38.9 Å². The Morgan fingerprint density at radius 3 is 1.74 bits per heavy atom. The number of halogens is 1. The molecule has 1 unspecified atom stereocenters. The summed E-state index contributed by atoms with van der Waals surface area (Å²) in [6.07, 6.45) is 1.76. The Balaban J connectivity index is 2.67. The first-order valence-electron chi connectivity index (χ1n) is 6.61. The minimum atomic E-state index is 0.198. The first kappa shape index (κ1) is 14.4. The highest BCUT2D eigenvalue weighted by molar-refractivity contribution is 9.09. The normalized spacial score (nSPS) is 12.8. The predicted octanol–water partition coefficient (Wildman–Crippen LogP) is 5.61. The van der Waals surface area contributed by atoms with Crippen LogP contribution < -0.4 is 0 Å².